The van der Waals surface area contributed by atoms with Crippen molar-refractivity contribution < 1.29 is 9.59 Å². The maximum Gasteiger partial charge on any atom is 0.242 e. The highest BCUT2D eigenvalue weighted by Gasteiger charge is 2.44. The van der Waals surface area contributed by atoms with Crippen molar-refractivity contribution in [1.29, 1.82) is 0 Å². The first-order chi connectivity index (χ1) is 11.1. The highest BCUT2D eigenvalue weighted by atomic mass is 16.2. The summed E-state index contributed by atoms with van der Waals surface area (Å²) in [6.07, 6.45) is 8.29. The van der Waals surface area contributed by atoms with Crippen molar-refractivity contribution >= 4 is 11.8 Å². The van der Waals surface area contributed by atoms with E-state index in [2.05, 4.69) is 24.1 Å². The second kappa shape index (κ2) is 7.20. The van der Waals surface area contributed by atoms with Gasteiger partial charge in [0.1, 0.15) is 6.04 Å². The average Bonchev–Trinajstić information content (AvgIpc) is 3.09. The summed E-state index contributed by atoms with van der Waals surface area (Å²) in [5.41, 5.74) is 0. The lowest BCUT2D eigenvalue weighted by Gasteiger charge is -2.39. The molecule has 4 atom stereocenters. The monoisotopic (exact) mass is 321 g/mol. The molecule has 0 spiro atoms. The number of piperidine rings is 1. The first-order valence-corrected chi connectivity index (χ1v) is 9.42. The van der Waals surface area contributed by atoms with Crippen LogP contribution in [-0.4, -0.2) is 58.9 Å². The van der Waals surface area contributed by atoms with Gasteiger partial charge in [0.2, 0.25) is 11.8 Å². The molecule has 5 nitrogen and oxygen atoms in total. The molecule has 0 aromatic rings. The minimum Gasteiger partial charge on any atom is -0.354 e. The van der Waals surface area contributed by atoms with Crippen molar-refractivity contribution in [2.75, 3.05) is 13.1 Å². The van der Waals surface area contributed by atoms with Gasteiger partial charge in [0.15, 0.2) is 0 Å². The van der Waals surface area contributed by atoms with Gasteiger partial charge >= 0.3 is 0 Å². The van der Waals surface area contributed by atoms with Gasteiger partial charge < -0.3 is 10.2 Å². The Kier molecular flexibility index (Phi) is 5.24. The summed E-state index contributed by atoms with van der Waals surface area (Å²) in [6, 6.07) is 1.44. The van der Waals surface area contributed by atoms with Gasteiger partial charge in [-0.15, -0.1) is 0 Å². The van der Waals surface area contributed by atoms with Gasteiger partial charge in [-0.1, -0.05) is 6.42 Å². The lowest BCUT2D eigenvalue weighted by Crippen LogP contribution is -2.47. The van der Waals surface area contributed by atoms with Crippen LogP contribution >= 0.6 is 0 Å². The topological polar surface area (TPSA) is 52.7 Å². The summed E-state index contributed by atoms with van der Waals surface area (Å²) in [7, 11) is 0. The summed E-state index contributed by atoms with van der Waals surface area (Å²) >= 11 is 0. The minimum absolute atomic E-state index is 0.0579. The van der Waals surface area contributed by atoms with E-state index >= 15 is 0 Å². The van der Waals surface area contributed by atoms with E-state index in [4.69, 9.17) is 0 Å². The van der Waals surface area contributed by atoms with Crippen molar-refractivity contribution in [3.8, 4) is 0 Å². The van der Waals surface area contributed by atoms with Crippen molar-refractivity contribution in [3.63, 3.8) is 0 Å². The van der Waals surface area contributed by atoms with E-state index in [0.29, 0.717) is 24.5 Å². The first-order valence-electron chi connectivity index (χ1n) is 9.42. The number of nitrogens with zero attached hydrogens (tertiary/aromatic N) is 2. The molecule has 0 aliphatic carbocycles. The summed E-state index contributed by atoms with van der Waals surface area (Å²) in [5.74, 6) is 0.228. The number of fused-ring (bicyclic) bond motifs is 1. The molecule has 3 saturated heterocycles. The van der Waals surface area contributed by atoms with Crippen LogP contribution in [0.15, 0.2) is 0 Å². The summed E-state index contributed by atoms with van der Waals surface area (Å²) < 4.78 is 0. The predicted molar refractivity (Wildman–Crippen MR) is 90.0 cm³/mol. The maximum absolute atomic E-state index is 12.4. The molecule has 0 aromatic carbocycles. The number of rotatable bonds is 5. The largest absolute Gasteiger partial charge is 0.354 e. The van der Waals surface area contributed by atoms with E-state index in [1.807, 2.05) is 4.90 Å². The standard InChI is InChI=1S/C18H31N3O2/c1-13-5-3-6-14(2)20(13)12-4-11-19-18(23)16-9-7-15-8-10-17(22)21(15)16/h13-16H,3-12H2,1-2H3,(H,19,23). The van der Waals surface area contributed by atoms with Crippen LogP contribution in [0.5, 0.6) is 0 Å². The molecule has 3 heterocycles. The molecule has 0 saturated carbocycles. The van der Waals surface area contributed by atoms with E-state index in [1.54, 1.807) is 0 Å². The minimum atomic E-state index is -0.206. The van der Waals surface area contributed by atoms with Crippen LogP contribution in [-0.2, 0) is 9.59 Å². The number of hydrogen-bond donors (Lipinski definition) is 1. The third-order valence-corrected chi connectivity index (χ3v) is 6.05. The van der Waals surface area contributed by atoms with Crippen LogP contribution < -0.4 is 5.32 Å². The van der Waals surface area contributed by atoms with Crippen LogP contribution in [0.2, 0.25) is 0 Å². The Morgan fingerprint density at radius 2 is 1.87 bits per heavy atom. The van der Waals surface area contributed by atoms with Gasteiger partial charge in [0, 0.05) is 37.6 Å². The highest BCUT2D eigenvalue weighted by molar-refractivity contribution is 5.89. The molecule has 0 aromatic heterocycles. The van der Waals surface area contributed by atoms with E-state index < -0.39 is 0 Å². The summed E-state index contributed by atoms with van der Waals surface area (Å²) in [5, 5.41) is 3.07. The lowest BCUT2D eigenvalue weighted by molar-refractivity contribution is -0.136. The molecular formula is C18H31N3O2. The van der Waals surface area contributed by atoms with Crippen molar-refractivity contribution in [2.45, 2.75) is 89.4 Å². The third kappa shape index (κ3) is 3.54. The summed E-state index contributed by atoms with van der Waals surface area (Å²) in [4.78, 5) is 28.7. The fourth-order valence-corrected chi connectivity index (χ4v) is 4.73. The van der Waals surface area contributed by atoms with Crippen molar-refractivity contribution in [1.82, 2.24) is 15.1 Å². The van der Waals surface area contributed by atoms with Crippen molar-refractivity contribution in [2.24, 2.45) is 0 Å². The van der Waals surface area contributed by atoms with Gasteiger partial charge in [-0.2, -0.15) is 0 Å². The van der Waals surface area contributed by atoms with Gasteiger partial charge in [-0.05, 0) is 52.4 Å². The molecule has 3 rings (SSSR count). The summed E-state index contributed by atoms with van der Waals surface area (Å²) in [6.45, 7) is 6.40. The van der Waals surface area contributed by atoms with E-state index in [0.717, 1.165) is 38.8 Å². The molecule has 3 aliphatic heterocycles. The number of carbonyl (C=O) groups is 2. The molecule has 2 amide bonds. The number of hydrogen-bond acceptors (Lipinski definition) is 3. The second-order valence-electron chi connectivity index (χ2n) is 7.60. The van der Waals surface area contributed by atoms with Gasteiger partial charge in [-0.3, -0.25) is 14.5 Å². The molecule has 0 radical (unpaired) electrons. The van der Waals surface area contributed by atoms with Crippen LogP contribution in [0.4, 0.5) is 0 Å². The highest BCUT2D eigenvalue weighted by Crippen LogP contribution is 2.33. The third-order valence-electron chi connectivity index (χ3n) is 6.05. The lowest BCUT2D eigenvalue weighted by atomic mass is 9.97. The smallest absolute Gasteiger partial charge is 0.242 e. The zero-order chi connectivity index (χ0) is 16.4. The maximum atomic E-state index is 12.4. The molecule has 23 heavy (non-hydrogen) atoms. The Morgan fingerprint density at radius 1 is 1.13 bits per heavy atom. The molecule has 1 N–H and O–H groups in total. The Bertz CT molecular complexity index is 444. The molecule has 4 unspecified atom stereocenters. The molecule has 3 fully saturated rings. The van der Waals surface area contributed by atoms with Crippen LogP contribution in [0.1, 0.15) is 65.2 Å². The van der Waals surface area contributed by atoms with Crippen LogP contribution in [0.3, 0.4) is 0 Å². The molecule has 0 bridgehead atoms. The SMILES string of the molecule is CC1CCCC(C)N1CCCNC(=O)C1CCC2CCC(=O)N21. The second-order valence-corrected chi connectivity index (χ2v) is 7.60. The fraction of sp³-hybridized carbons (Fsp3) is 0.889. The van der Waals surface area contributed by atoms with Crippen LogP contribution in [0.25, 0.3) is 0 Å². The number of nitrogens with one attached hydrogen (secondary N) is 1. The molecule has 130 valence electrons. The molecule has 5 heteroatoms. The Balaban J connectivity index is 1.40. The van der Waals surface area contributed by atoms with E-state index in [-0.39, 0.29) is 17.9 Å². The van der Waals surface area contributed by atoms with Gasteiger partial charge in [0.25, 0.3) is 0 Å². The first kappa shape index (κ1) is 16.7. The normalized spacial score (nSPS) is 34.7. The zero-order valence-electron chi connectivity index (χ0n) is 14.6. The Morgan fingerprint density at radius 3 is 2.61 bits per heavy atom. The molecule has 3 aliphatic rings. The van der Waals surface area contributed by atoms with Crippen molar-refractivity contribution in [3.05, 3.63) is 0 Å². The van der Waals surface area contributed by atoms with Gasteiger partial charge in [-0.25, -0.2) is 0 Å². The number of amides is 2. The fourth-order valence-electron chi connectivity index (χ4n) is 4.73. The van der Waals surface area contributed by atoms with Crippen LogP contribution in [0, 0.1) is 0 Å². The average molecular weight is 321 g/mol. The number of likely N-dealkylation sites (tertiary alicyclic amines) is 1. The van der Waals surface area contributed by atoms with E-state index in [9.17, 15) is 9.59 Å². The van der Waals surface area contributed by atoms with E-state index in [1.165, 1.54) is 19.3 Å². The number of carbonyl (C=O) groups excluding carboxylic acids is 2. The molecular weight excluding hydrogens is 290 g/mol. The Labute approximate surface area is 139 Å². The predicted octanol–water partition coefficient (Wildman–Crippen LogP) is 1.91. The quantitative estimate of drug-likeness (QED) is 0.787. The van der Waals surface area contributed by atoms with Gasteiger partial charge in [0.05, 0.1) is 0 Å². The Hall–Kier alpha value is -1.10. The zero-order valence-corrected chi connectivity index (χ0v) is 14.6.